The van der Waals surface area contributed by atoms with Gasteiger partial charge in [-0.15, -0.1) is 0 Å². The summed E-state index contributed by atoms with van der Waals surface area (Å²) in [6, 6.07) is 23.2. The molecule has 0 atom stereocenters. The molecule has 0 aliphatic heterocycles. The number of hydrogen-bond acceptors (Lipinski definition) is 2. The number of benzene rings is 2. The Morgan fingerprint density at radius 3 is 1.93 bits per heavy atom. The van der Waals surface area contributed by atoms with Crippen molar-refractivity contribution in [2.75, 3.05) is 0 Å². The van der Waals surface area contributed by atoms with Crippen molar-refractivity contribution in [3.05, 3.63) is 89.0 Å². The second-order valence-corrected chi connectivity index (χ2v) is 7.73. The molecule has 3 aromatic rings. The lowest BCUT2D eigenvalue weighted by Gasteiger charge is -2.01. The largest absolute Gasteiger partial charge is 0.343 e. The van der Waals surface area contributed by atoms with E-state index in [2.05, 4.69) is 78.4 Å². The molecule has 30 heavy (non-hydrogen) atoms. The second kappa shape index (κ2) is 11.9. The molecule has 0 saturated heterocycles. The van der Waals surface area contributed by atoms with Crippen molar-refractivity contribution in [3.8, 4) is 0 Å². The first-order valence-electron chi connectivity index (χ1n) is 11.2. The fourth-order valence-electron chi connectivity index (χ4n) is 3.32. The van der Waals surface area contributed by atoms with Crippen molar-refractivity contribution in [2.24, 2.45) is 9.98 Å². The van der Waals surface area contributed by atoms with Gasteiger partial charge in [0.15, 0.2) is 0 Å². The molecule has 0 radical (unpaired) electrons. The van der Waals surface area contributed by atoms with Crippen LogP contribution in [0.1, 0.15) is 56.4 Å². The summed E-state index contributed by atoms with van der Waals surface area (Å²) >= 11 is 0. The maximum Gasteiger partial charge on any atom is 0.130 e. The first kappa shape index (κ1) is 21.8. The summed E-state index contributed by atoms with van der Waals surface area (Å²) < 4.78 is 0. The molecule has 3 heteroatoms. The van der Waals surface area contributed by atoms with E-state index in [0.717, 1.165) is 41.8 Å². The van der Waals surface area contributed by atoms with Crippen molar-refractivity contribution >= 4 is 17.6 Å². The van der Waals surface area contributed by atoms with E-state index in [9.17, 15) is 0 Å². The van der Waals surface area contributed by atoms with Gasteiger partial charge >= 0.3 is 0 Å². The standard InChI is InChI=1S/C27H33N3/c1-3-5-8-22-12-16-24(17-13-22)28-21-20-25-10-7-11-27(29-25)30-26-18-14-23(15-19-26)9-6-4-2/h7,10-19,21H,3-6,8-9,20H2,1-2H3,(H,29,30). The first-order chi connectivity index (χ1) is 14.8. The van der Waals surface area contributed by atoms with Crippen LogP contribution < -0.4 is 5.49 Å². The summed E-state index contributed by atoms with van der Waals surface area (Å²) in [5.74, 6) is 0. The van der Waals surface area contributed by atoms with Crippen LogP contribution in [-0.4, -0.2) is 11.2 Å². The molecule has 1 aromatic heterocycles. The highest BCUT2D eigenvalue weighted by Gasteiger charge is 1.96. The molecule has 0 amide bonds. The minimum atomic E-state index is 0.747. The van der Waals surface area contributed by atoms with Gasteiger partial charge in [-0.2, -0.15) is 0 Å². The van der Waals surface area contributed by atoms with Crippen LogP contribution in [0.15, 0.2) is 76.7 Å². The fourth-order valence-corrected chi connectivity index (χ4v) is 3.32. The minimum Gasteiger partial charge on any atom is -0.343 e. The molecule has 0 saturated carbocycles. The number of nitrogens with zero attached hydrogens (tertiary/aromatic N) is 2. The lowest BCUT2D eigenvalue weighted by Crippen LogP contribution is -2.08. The van der Waals surface area contributed by atoms with E-state index in [-0.39, 0.29) is 0 Å². The number of H-pyrrole nitrogens is 1. The molecule has 1 heterocycles. The lowest BCUT2D eigenvalue weighted by molar-refractivity contribution is 0.795. The molecule has 0 bridgehead atoms. The van der Waals surface area contributed by atoms with E-state index in [0.29, 0.717) is 0 Å². The Labute approximate surface area is 180 Å². The zero-order valence-electron chi connectivity index (χ0n) is 18.3. The van der Waals surface area contributed by atoms with E-state index in [1.165, 1.54) is 36.8 Å². The van der Waals surface area contributed by atoms with Crippen LogP contribution in [0.2, 0.25) is 0 Å². The summed E-state index contributed by atoms with van der Waals surface area (Å²) in [7, 11) is 0. The quantitative estimate of drug-likeness (QED) is 0.361. The molecule has 1 N–H and O–H groups in total. The molecule has 0 spiro atoms. The van der Waals surface area contributed by atoms with Crippen LogP contribution in [0.4, 0.5) is 11.4 Å². The number of aliphatic imine (C=N–C) groups is 1. The second-order valence-electron chi connectivity index (χ2n) is 7.73. The van der Waals surface area contributed by atoms with E-state index in [4.69, 9.17) is 4.99 Å². The van der Waals surface area contributed by atoms with Crippen molar-refractivity contribution in [1.29, 1.82) is 0 Å². The van der Waals surface area contributed by atoms with Gasteiger partial charge in [0.05, 0.1) is 11.4 Å². The summed E-state index contributed by atoms with van der Waals surface area (Å²) in [5.41, 5.74) is 6.70. The van der Waals surface area contributed by atoms with Crippen LogP contribution in [0.5, 0.6) is 0 Å². The summed E-state index contributed by atoms with van der Waals surface area (Å²) in [6.45, 7) is 4.45. The summed E-state index contributed by atoms with van der Waals surface area (Å²) in [6.07, 6.45) is 9.91. The number of nitrogens with one attached hydrogen (secondary N) is 1. The number of pyridine rings is 1. The average molecular weight is 400 g/mol. The Morgan fingerprint density at radius 2 is 1.33 bits per heavy atom. The lowest BCUT2D eigenvalue weighted by atomic mass is 10.1. The summed E-state index contributed by atoms with van der Waals surface area (Å²) in [4.78, 5) is 12.7. The van der Waals surface area contributed by atoms with Gasteiger partial charge in [-0.1, -0.05) is 57.0 Å². The molecule has 3 rings (SSSR count). The number of aromatic nitrogens is 1. The third kappa shape index (κ3) is 7.14. The molecule has 0 unspecified atom stereocenters. The van der Waals surface area contributed by atoms with Crippen LogP contribution in [0.3, 0.4) is 0 Å². The topological polar surface area (TPSA) is 40.5 Å². The highest BCUT2D eigenvalue weighted by Crippen LogP contribution is 2.15. The van der Waals surface area contributed by atoms with Gasteiger partial charge in [0.1, 0.15) is 5.49 Å². The third-order valence-corrected chi connectivity index (χ3v) is 5.15. The maximum absolute atomic E-state index is 4.72. The van der Waals surface area contributed by atoms with Crippen LogP contribution in [0, 0.1) is 0 Å². The zero-order chi connectivity index (χ0) is 21.0. The fraction of sp³-hybridized carbons (Fsp3) is 0.333. The van der Waals surface area contributed by atoms with E-state index in [1.807, 2.05) is 18.3 Å². The molecule has 0 fully saturated rings. The molecule has 156 valence electrons. The number of aromatic amines is 1. The van der Waals surface area contributed by atoms with E-state index >= 15 is 0 Å². The maximum atomic E-state index is 4.72. The van der Waals surface area contributed by atoms with Gasteiger partial charge in [-0.25, -0.2) is 4.99 Å². The van der Waals surface area contributed by atoms with Gasteiger partial charge in [0.25, 0.3) is 0 Å². The zero-order valence-corrected chi connectivity index (χ0v) is 18.3. The van der Waals surface area contributed by atoms with Gasteiger partial charge in [0.2, 0.25) is 0 Å². The van der Waals surface area contributed by atoms with Gasteiger partial charge in [-0.05, 0) is 73.2 Å². The van der Waals surface area contributed by atoms with Crippen molar-refractivity contribution < 1.29 is 0 Å². The van der Waals surface area contributed by atoms with Crippen LogP contribution >= 0.6 is 0 Å². The highest BCUT2D eigenvalue weighted by atomic mass is 14.8. The molecular weight excluding hydrogens is 366 g/mol. The Kier molecular flexibility index (Phi) is 8.64. The molecule has 0 aliphatic rings. The Bertz CT molecular complexity index is 980. The Balaban J connectivity index is 1.61. The Morgan fingerprint density at radius 1 is 0.733 bits per heavy atom. The normalized spacial score (nSPS) is 12.0. The molecule has 2 aromatic carbocycles. The Hall–Kier alpha value is -2.94. The van der Waals surface area contributed by atoms with Crippen molar-refractivity contribution in [1.82, 2.24) is 4.98 Å². The number of aryl methyl sites for hydroxylation is 2. The minimum absolute atomic E-state index is 0.747. The van der Waals surface area contributed by atoms with Gasteiger partial charge in [-0.3, -0.25) is 4.99 Å². The van der Waals surface area contributed by atoms with Crippen LogP contribution in [0.25, 0.3) is 0 Å². The number of hydrogen-bond donors (Lipinski definition) is 1. The van der Waals surface area contributed by atoms with Crippen LogP contribution in [-0.2, 0) is 19.3 Å². The van der Waals surface area contributed by atoms with Crippen molar-refractivity contribution in [2.45, 2.75) is 58.8 Å². The predicted octanol–water partition coefficient (Wildman–Crippen LogP) is 6.88. The average Bonchev–Trinajstić information content (AvgIpc) is 2.78. The van der Waals surface area contributed by atoms with E-state index in [1.54, 1.807) is 0 Å². The number of unbranched alkanes of at least 4 members (excludes halogenated alkanes) is 2. The smallest absolute Gasteiger partial charge is 0.130 e. The molecular formula is C27H33N3. The van der Waals surface area contributed by atoms with Gasteiger partial charge < -0.3 is 4.98 Å². The highest BCUT2D eigenvalue weighted by molar-refractivity contribution is 5.65. The van der Waals surface area contributed by atoms with Crippen molar-refractivity contribution in [3.63, 3.8) is 0 Å². The predicted molar refractivity (Wildman–Crippen MR) is 128 cm³/mol. The molecule has 0 aliphatic carbocycles. The SMILES string of the molecule is CCCCc1ccc(N=CCc2cccc(=Nc3ccc(CCCC)cc3)[nH]2)cc1. The number of rotatable bonds is 10. The first-order valence-corrected chi connectivity index (χ1v) is 11.2. The third-order valence-electron chi connectivity index (χ3n) is 5.15. The monoisotopic (exact) mass is 399 g/mol. The summed E-state index contributed by atoms with van der Waals surface area (Å²) in [5, 5.41) is 0. The molecule has 3 nitrogen and oxygen atoms in total. The van der Waals surface area contributed by atoms with E-state index < -0.39 is 0 Å². The van der Waals surface area contributed by atoms with Gasteiger partial charge in [0, 0.05) is 18.3 Å².